The van der Waals surface area contributed by atoms with Gasteiger partial charge in [0.25, 0.3) is 0 Å². The summed E-state index contributed by atoms with van der Waals surface area (Å²) in [5, 5.41) is 0. The predicted molar refractivity (Wildman–Crippen MR) is 73.7 cm³/mol. The molecule has 2 heteroatoms. The second-order valence-corrected chi connectivity index (χ2v) is 5.17. The molecule has 2 nitrogen and oxygen atoms in total. The fourth-order valence-electron chi connectivity index (χ4n) is 1.77. The molecular formula is C15H21NO. The van der Waals surface area contributed by atoms with Crippen LogP contribution in [-0.4, -0.2) is 17.9 Å². The molecule has 0 N–H and O–H groups in total. The summed E-state index contributed by atoms with van der Waals surface area (Å²) < 4.78 is 0. The topological polar surface area (TPSA) is 20.3 Å². The molecule has 0 saturated heterocycles. The van der Waals surface area contributed by atoms with E-state index in [1.807, 2.05) is 30.3 Å². The third-order valence-corrected chi connectivity index (χ3v) is 2.71. The van der Waals surface area contributed by atoms with Crippen LogP contribution in [0.5, 0.6) is 0 Å². The van der Waals surface area contributed by atoms with Crippen molar-refractivity contribution in [2.24, 2.45) is 0 Å². The van der Waals surface area contributed by atoms with Gasteiger partial charge >= 0.3 is 0 Å². The first-order valence-electron chi connectivity index (χ1n) is 5.86. The van der Waals surface area contributed by atoms with Crippen LogP contribution in [0.4, 0.5) is 5.69 Å². The van der Waals surface area contributed by atoms with Crippen molar-refractivity contribution in [3.8, 4) is 0 Å². The van der Waals surface area contributed by atoms with Crippen molar-refractivity contribution in [3.63, 3.8) is 0 Å². The lowest BCUT2D eigenvalue weighted by atomic mass is 10.0. The van der Waals surface area contributed by atoms with Gasteiger partial charge in [-0.3, -0.25) is 4.79 Å². The van der Waals surface area contributed by atoms with Gasteiger partial charge in [0, 0.05) is 23.3 Å². The monoisotopic (exact) mass is 231 g/mol. The van der Waals surface area contributed by atoms with Crippen molar-refractivity contribution in [3.05, 3.63) is 42.5 Å². The Balaban J connectivity index is 3.03. The third-order valence-electron chi connectivity index (χ3n) is 2.71. The van der Waals surface area contributed by atoms with Gasteiger partial charge in [-0.15, -0.1) is 6.58 Å². The number of ketones is 1. The predicted octanol–water partition coefficient (Wildman–Crippen LogP) is 3.68. The smallest absolute Gasteiger partial charge is 0.159 e. The zero-order chi connectivity index (χ0) is 13.1. The largest absolute Gasteiger partial charge is 0.363 e. The fraction of sp³-hybridized carbons (Fsp3) is 0.400. The molecule has 0 unspecified atom stereocenters. The van der Waals surface area contributed by atoms with Crippen LogP contribution >= 0.6 is 0 Å². The van der Waals surface area contributed by atoms with E-state index < -0.39 is 0 Å². The van der Waals surface area contributed by atoms with Crippen LogP contribution in [0.15, 0.2) is 36.9 Å². The lowest BCUT2D eigenvalue weighted by molar-refractivity contribution is 0.101. The summed E-state index contributed by atoms with van der Waals surface area (Å²) in [5.74, 6) is 0.0996. The second-order valence-electron chi connectivity index (χ2n) is 5.17. The summed E-state index contributed by atoms with van der Waals surface area (Å²) in [6, 6.07) is 7.73. The minimum Gasteiger partial charge on any atom is -0.363 e. The molecule has 0 aromatic heterocycles. The highest BCUT2D eigenvalue weighted by molar-refractivity contribution is 5.94. The number of hydrogen-bond acceptors (Lipinski definition) is 2. The summed E-state index contributed by atoms with van der Waals surface area (Å²) in [6.45, 7) is 12.7. The van der Waals surface area contributed by atoms with Gasteiger partial charge in [0.05, 0.1) is 0 Å². The maximum atomic E-state index is 11.2. The molecule has 0 heterocycles. The van der Waals surface area contributed by atoms with Gasteiger partial charge in [-0.2, -0.15) is 0 Å². The van der Waals surface area contributed by atoms with Gasteiger partial charge in [0.2, 0.25) is 0 Å². The van der Waals surface area contributed by atoms with Gasteiger partial charge < -0.3 is 4.90 Å². The molecule has 0 fully saturated rings. The molecule has 92 valence electrons. The maximum Gasteiger partial charge on any atom is 0.159 e. The number of rotatable bonds is 4. The maximum absolute atomic E-state index is 11.2. The lowest BCUT2D eigenvalue weighted by Gasteiger charge is -2.37. The van der Waals surface area contributed by atoms with Crippen molar-refractivity contribution in [2.45, 2.75) is 33.2 Å². The molecule has 17 heavy (non-hydrogen) atoms. The van der Waals surface area contributed by atoms with Crippen LogP contribution in [0, 0.1) is 0 Å². The molecule has 0 amide bonds. The molecule has 0 aliphatic carbocycles. The first kappa shape index (κ1) is 13.5. The molecule has 1 aromatic rings. The highest BCUT2D eigenvalue weighted by Gasteiger charge is 2.20. The highest BCUT2D eigenvalue weighted by Crippen LogP contribution is 2.24. The summed E-state index contributed by atoms with van der Waals surface area (Å²) in [4.78, 5) is 13.5. The number of anilines is 1. The van der Waals surface area contributed by atoms with Crippen LogP contribution in [-0.2, 0) is 0 Å². The van der Waals surface area contributed by atoms with E-state index in [1.165, 1.54) is 0 Å². The van der Waals surface area contributed by atoms with Crippen LogP contribution in [0.3, 0.4) is 0 Å². The van der Waals surface area contributed by atoms with Crippen molar-refractivity contribution in [1.82, 2.24) is 0 Å². The number of nitrogens with zero attached hydrogens (tertiary/aromatic N) is 1. The molecule has 0 aliphatic heterocycles. The van der Waals surface area contributed by atoms with Gasteiger partial charge in [0.1, 0.15) is 0 Å². The normalized spacial score (nSPS) is 11.1. The Labute approximate surface area is 104 Å². The van der Waals surface area contributed by atoms with Crippen molar-refractivity contribution < 1.29 is 4.79 Å². The SMILES string of the molecule is C=CCN(c1ccc(C(C)=O)cc1)C(C)(C)C. The molecule has 0 radical (unpaired) electrons. The number of carbonyl (C=O) groups excluding carboxylic acids is 1. The fourth-order valence-corrected chi connectivity index (χ4v) is 1.77. The minimum atomic E-state index is 0.0337. The molecule has 1 aromatic carbocycles. The molecule has 0 spiro atoms. The Bertz CT molecular complexity index is 398. The Kier molecular flexibility index (Phi) is 4.11. The molecule has 0 bridgehead atoms. The number of carbonyl (C=O) groups is 1. The highest BCUT2D eigenvalue weighted by atomic mass is 16.1. The van der Waals surface area contributed by atoms with Crippen molar-refractivity contribution in [2.75, 3.05) is 11.4 Å². The molecule has 0 aliphatic rings. The van der Waals surface area contributed by atoms with E-state index >= 15 is 0 Å². The Morgan fingerprint density at radius 2 is 1.82 bits per heavy atom. The average Bonchev–Trinajstić information content (AvgIpc) is 2.24. The summed E-state index contributed by atoms with van der Waals surface area (Å²) >= 11 is 0. The van der Waals surface area contributed by atoms with Crippen molar-refractivity contribution in [1.29, 1.82) is 0 Å². The zero-order valence-corrected chi connectivity index (χ0v) is 11.2. The summed E-state index contributed by atoms with van der Waals surface area (Å²) in [5.41, 5.74) is 1.90. The minimum absolute atomic E-state index is 0.0337. The zero-order valence-electron chi connectivity index (χ0n) is 11.2. The Hall–Kier alpha value is -1.57. The van der Waals surface area contributed by atoms with E-state index in [9.17, 15) is 4.79 Å². The van der Waals surface area contributed by atoms with E-state index in [4.69, 9.17) is 0 Å². The third kappa shape index (κ3) is 3.45. The molecular weight excluding hydrogens is 210 g/mol. The van der Waals surface area contributed by atoms with E-state index in [0.717, 1.165) is 17.8 Å². The Morgan fingerprint density at radius 3 is 2.18 bits per heavy atom. The lowest BCUT2D eigenvalue weighted by Crippen LogP contribution is -2.41. The van der Waals surface area contributed by atoms with Gasteiger partial charge in [0.15, 0.2) is 5.78 Å². The molecule has 1 rings (SSSR count). The van der Waals surface area contributed by atoms with Crippen LogP contribution < -0.4 is 4.90 Å². The van der Waals surface area contributed by atoms with Gasteiger partial charge in [-0.1, -0.05) is 6.08 Å². The van der Waals surface area contributed by atoms with E-state index in [-0.39, 0.29) is 11.3 Å². The first-order chi connectivity index (χ1) is 7.86. The number of Topliss-reactive ketones (excluding diaryl/α,β-unsaturated/α-hetero) is 1. The van der Waals surface area contributed by atoms with Gasteiger partial charge in [-0.25, -0.2) is 0 Å². The molecule has 0 atom stereocenters. The first-order valence-corrected chi connectivity index (χ1v) is 5.86. The van der Waals surface area contributed by atoms with Crippen LogP contribution in [0.2, 0.25) is 0 Å². The summed E-state index contributed by atoms with van der Waals surface area (Å²) in [6.07, 6.45) is 1.89. The van der Waals surface area contributed by atoms with Crippen molar-refractivity contribution >= 4 is 11.5 Å². The second kappa shape index (κ2) is 5.17. The van der Waals surface area contributed by atoms with Crippen LogP contribution in [0.25, 0.3) is 0 Å². The Morgan fingerprint density at radius 1 is 1.29 bits per heavy atom. The van der Waals surface area contributed by atoms with Crippen LogP contribution in [0.1, 0.15) is 38.1 Å². The summed E-state index contributed by atoms with van der Waals surface area (Å²) in [7, 11) is 0. The average molecular weight is 231 g/mol. The molecule has 0 saturated carbocycles. The quantitative estimate of drug-likeness (QED) is 0.582. The standard InChI is InChI=1S/C15H21NO/c1-6-11-16(15(3,4)5)14-9-7-13(8-10-14)12(2)17/h6-10H,1,11H2,2-5H3. The number of benzene rings is 1. The van der Waals surface area contributed by atoms with E-state index in [0.29, 0.717) is 0 Å². The van der Waals surface area contributed by atoms with E-state index in [1.54, 1.807) is 6.92 Å². The van der Waals surface area contributed by atoms with Gasteiger partial charge in [-0.05, 0) is 52.0 Å². The van der Waals surface area contributed by atoms with E-state index in [2.05, 4.69) is 32.3 Å². The number of hydrogen-bond donors (Lipinski definition) is 0.